The highest BCUT2D eigenvalue weighted by atomic mass is 19.4. The number of para-hydroxylation sites is 2. The molecule has 1 aliphatic heterocycles. The summed E-state index contributed by atoms with van der Waals surface area (Å²) in [5.74, 6) is -1.05. The predicted octanol–water partition coefficient (Wildman–Crippen LogP) is 7.53. The summed E-state index contributed by atoms with van der Waals surface area (Å²) >= 11 is 0. The summed E-state index contributed by atoms with van der Waals surface area (Å²) in [5, 5.41) is 1.04. The zero-order valence-electron chi connectivity index (χ0n) is 20.3. The Balaban J connectivity index is 1.69. The molecule has 2 heterocycles. The molecule has 2 amide bonds. The molecule has 0 bridgehead atoms. The van der Waals surface area contributed by atoms with Crippen molar-refractivity contribution in [3.8, 4) is 5.69 Å². The molecule has 37 heavy (non-hydrogen) atoms. The van der Waals surface area contributed by atoms with Gasteiger partial charge in [0.15, 0.2) is 0 Å². The largest absolute Gasteiger partial charge is 0.418 e. The Morgan fingerprint density at radius 2 is 1.38 bits per heavy atom. The second-order valence-corrected chi connectivity index (χ2v) is 9.44. The topological polar surface area (TPSA) is 42.3 Å². The fraction of sp³-hybridized carbons (Fsp3) is 0.133. The van der Waals surface area contributed by atoms with E-state index in [1.54, 1.807) is 48.5 Å². The monoisotopic (exact) mass is 498 g/mol. The van der Waals surface area contributed by atoms with Crippen LogP contribution < -0.4 is 4.90 Å². The van der Waals surface area contributed by atoms with Crippen molar-refractivity contribution in [2.45, 2.75) is 26.9 Å². The van der Waals surface area contributed by atoms with Gasteiger partial charge < -0.3 is 4.57 Å². The van der Waals surface area contributed by atoms with Crippen LogP contribution in [0, 0.1) is 20.8 Å². The fourth-order valence-electron chi connectivity index (χ4n) is 5.68. The number of nitrogens with zero attached hydrogens (tertiary/aromatic N) is 2. The van der Waals surface area contributed by atoms with Crippen molar-refractivity contribution in [2.24, 2.45) is 0 Å². The molecule has 4 nitrogen and oxygen atoms in total. The lowest BCUT2D eigenvalue weighted by atomic mass is 10.0. The fourth-order valence-corrected chi connectivity index (χ4v) is 5.68. The van der Waals surface area contributed by atoms with E-state index in [4.69, 9.17) is 0 Å². The van der Waals surface area contributed by atoms with Gasteiger partial charge in [-0.05, 0) is 56.2 Å². The molecular formula is C30H21F3N2O2. The zero-order chi connectivity index (χ0) is 26.2. The minimum Gasteiger partial charge on any atom is -0.308 e. The maximum absolute atomic E-state index is 14.2. The summed E-state index contributed by atoms with van der Waals surface area (Å²) in [6.45, 7) is 5.61. The number of aryl methyl sites for hydroxylation is 3. The van der Waals surface area contributed by atoms with Gasteiger partial charge in [0.25, 0.3) is 11.8 Å². The molecule has 0 atom stereocenters. The highest BCUT2D eigenvalue weighted by Gasteiger charge is 2.41. The summed E-state index contributed by atoms with van der Waals surface area (Å²) in [5.41, 5.74) is 3.19. The van der Waals surface area contributed by atoms with Gasteiger partial charge in [-0.25, -0.2) is 4.90 Å². The van der Waals surface area contributed by atoms with Crippen LogP contribution in [0.3, 0.4) is 0 Å². The molecule has 0 saturated carbocycles. The summed E-state index contributed by atoms with van der Waals surface area (Å²) in [4.78, 5) is 28.7. The van der Waals surface area contributed by atoms with E-state index in [1.807, 2.05) is 32.9 Å². The van der Waals surface area contributed by atoms with E-state index in [0.717, 1.165) is 27.7 Å². The second kappa shape index (κ2) is 7.80. The Morgan fingerprint density at radius 1 is 0.730 bits per heavy atom. The highest BCUT2D eigenvalue weighted by Crippen LogP contribution is 2.43. The van der Waals surface area contributed by atoms with E-state index in [9.17, 15) is 22.8 Å². The van der Waals surface area contributed by atoms with Crippen LogP contribution in [0.5, 0.6) is 0 Å². The number of hydrogen-bond donors (Lipinski definition) is 0. The van der Waals surface area contributed by atoms with Gasteiger partial charge in [-0.3, -0.25) is 9.59 Å². The number of carbonyl (C=O) groups excluding carboxylic acids is 2. The molecule has 0 radical (unpaired) electrons. The molecular weight excluding hydrogens is 477 g/mol. The Labute approximate surface area is 210 Å². The minimum atomic E-state index is -4.62. The van der Waals surface area contributed by atoms with Crippen molar-refractivity contribution < 1.29 is 22.8 Å². The average molecular weight is 499 g/mol. The van der Waals surface area contributed by atoms with Crippen molar-refractivity contribution in [3.63, 3.8) is 0 Å². The summed E-state index contributed by atoms with van der Waals surface area (Å²) in [6, 6.07) is 19.6. The first-order valence-corrected chi connectivity index (χ1v) is 11.8. The molecule has 4 aromatic carbocycles. The van der Waals surface area contributed by atoms with E-state index in [0.29, 0.717) is 22.0 Å². The first-order valence-electron chi connectivity index (χ1n) is 11.8. The van der Waals surface area contributed by atoms with Gasteiger partial charge >= 0.3 is 6.18 Å². The van der Waals surface area contributed by atoms with Crippen LogP contribution in [0.15, 0.2) is 72.8 Å². The van der Waals surface area contributed by atoms with Crippen molar-refractivity contribution in [3.05, 3.63) is 106 Å². The summed E-state index contributed by atoms with van der Waals surface area (Å²) in [6.07, 6.45) is -4.62. The Morgan fingerprint density at radius 3 is 2.08 bits per heavy atom. The Hall–Kier alpha value is -4.39. The quantitative estimate of drug-likeness (QED) is 0.236. The van der Waals surface area contributed by atoms with Crippen molar-refractivity contribution in [1.29, 1.82) is 0 Å². The average Bonchev–Trinajstić information content (AvgIpc) is 3.30. The Kier molecular flexibility index (Phi) is 4.86. The first kappa shape index (κ1) is 23.0. The molecule has 0 spiro atoms. The van der Waals surface area contributed by atoms with Crippen LogP contribution in [-0.4, -0.2) is 16.4 Å². The number of fused-ring (bicyclic) bond motifs is 4. The van der Waals surface area contributed by atoms with Crippen LogP contribution >= 0.6 is 0 Å². The van der Waals surface area contributed by atoms with Crippen molar-refractivity contribution in [1.82, 2.24) is 4.57 Å². The molecule has 1 aliphatic rings. The molecule has 0 N–H and O–H groups in total. The maximum Gasteiger partial charge on any atom is 0.418 e. The molecule has 5 aromatic rings. The van der Waals surface area contributed by atoms with Gasteiger partial charge in [-0.1, -0.05) is 54.1 Å². The molecule has 1 aromatic heterocycles. The summed E-state index contributed by atoms with van der Waals surface area (Å²) < 4.78 is 44.1. The normalized spacial score (nSPS) is 13.7. The molecule has 7 heteroatoms. The van der Waals surface area contributed by atoms with Gasteiger partial charge in [0.05, 0.1) is 39.1 Å². The number of imide groups is 1. The number of rotatable bonds is 2. The van der Waals surface area contributed by atoms with E-state index in [-0.39, 0.29) is 22.3 Å². The second-order valence-electron chi connectivity index (χ2n) is 9.44. The number of anilines is 1. The third-order valence-corrected chi connectivity index (χ3v) is 6.99. The molecule has 0 fully saturated rings. The van der Waals surface area contributed by atoms with E-state index in [1.165, 1.54) is 10.6 Å². The van der Waals surface area contributed by atoms with Crippen LogP contribution in [0.25, 0.3) is 27.5 Å². The van der Waals surface area contributed by atoms with Gasteiger partial charge in [-0.2, -0.15) is 13.2 Å². The van der Waals surface area contributed by atoms with Crippen LogP contribution in [0.4, 0.5) is 18.9 Å². The number of alkyl halides is 3. The lowest BCUT2D eigenvalue weighted by Crippen LogP contribution is -2.31. The van der Waals surface area contributed by atoms with Crippen LogP contribution in [0.2, 0.25) is 0 Å². The Bertz CT molecular complexity index is 1770. The lowest BCUT2D eigenvalue weighted by molar-refractivity contribution is -0.136. The molecule has 6 rings (SSSR count). The van der Waals surface area contributed by atoms with Crippen molar-refractivity contribution in [2.75, 3.05) is 4.90 Å². The number of carbonyl (C=O) groups is 2. The molecule has 0 unspecified atom stereocenters. The third-order valence-electron chi connectivity index (χ3n) is 6.99. The van der Waals surface area contributed by atoms with Gasteiger partial charge in [0.2, 0.25) is 0 Å². The maximum atomic E-state index is 14.2. The van der Waals surface area contributed by atoms with E-state index >= 15 is 0 Å². The molecule has 0 aliphatic carbocycles. The molecule has 0 saturated heterocycles. The van der Waals surface area contributed by atoms with Crippen molar-refractivity contribution >= 4 is 39.3 Å². The number of halogens is 3. The van der Waals surface area contributed by atoms with Gasteiger partial charge in [-0.15, -0.1) is 0 Å². The number of amides is 2. The SMILES string of the molecule is Cc1cc(C)c(N2C(=O)c3cccc(-n4c5ccccc5c5cccc(C(F)(F)F)c54)c3C2=O)c(C)c1. The van der Waals surface area contributed by atoms with E-state index < -0.39 is 23.6 Å². The smallest absolute Gasteiger partial charge is 0.308 e. The summed E-state index contributed by atoms with van der Waals surface area (Å²) in [7, 11) is 0. The highest BCUT2D eigenvalue weighted by molar-refractivity contribution is 6.36. The van der Waals surface area contributed by atoms with E-state index in [2.05, 4.69) is 0 Å². The third kappa shape index (κ3) is 3.23. The number of hydrogen-bond acceptors (Lipinski definition) is 2. The first-order chi connectivity index (χ1) is 17.6. The number of benzene rings is 4. The number of aromatic nitrogens is 1. The van der Waals surface area contributed by atoms with Gasteiger partial charge in [0.1, 0.15) is 0 Å². The van der Waals surface area contributed by atoms with Crippen LogP contribution in [-0.2, 0) is 6.18 Å². The van der Waals surface area contributed by atoms with Crippen LogP contribution in [0.1, 0.15) is 43.0 Å². The lowest BCUT2D eigenvalue weighted by Gasteiger charge is -2.20. The van der Waals surface area contributed by atoms with Gasteiger partial charge in [0, 0.05) is 10.8 Å². The zero-order valence-corrected chi connectivity index (χ0v) is 20.3. The molecule has 184 valence electrons. The standard InChI is InChI=1S/C30H21F3N2O2/c1-16-14-17(2)26(18(3)15-16)35-28(36)21-10-7-13-24(25(21)29(35)37)34-23-12-5-4-8-19(23)20-9-6-11-22(27(20)34)30(31,32)33/h4-15H,1-3H3. The minimum absolute atomic E-state index is 0.0500. The predicted molar refractivity (Wildman–Crippen MR) is 138 cm³/mol.